The Morgan fingerprint density at radius 3 is 2.62 bits per heavy atom. The fraction of sp³-hybridized carbons (Fsp3) is 0.250. The molecular weight excluding hydrogens is 420 g/mol. The van der Waals surface area contributed by atoms with Crippen molar-refractivity contribution in [2.75, 3.05) is 6.61 Å². The number of carbonyl (C=O) groups is 1. The van der Waals surface area contributed by atoms with E-state index in [4.69, 9.17) is 20.8 Å². The van der Waals surface area contributed by atoms with Gasteiger partial charge >= 0.3 is 0 Å². The summed E-state index contributed by atoms with van der Waals surface area (Å²) < 4.78 is 16.5. The van der Waals surface area contributed by atoms with Gasteiger partial charge in [-0.3, -0.25) is 4.79 Å². The standard InChI is InChI=1S/C17H14BrClO2.C3H6O2/c1-2-11-5-3-4-6-16(11)20-9-12-10-21-17-14(12)7-13(19)8-15(17)18;1-2-5-3-4/h3-8,10H,2,9H2,1H3;3H,2H2,1H3. The Labute approximate surface area is 166 Å². The molecule has 26 heavy (non-hydrogen) atoms. The normalized spacial score (nSPS) is 10.2. The van der Waals surface area contributed by atoms with Crippen LogP contribution in [-0.4, -0.2) is 13.1 Å². The summed E-state index contributed by atoms with van der Waals surface area (Å²) in [4.78, 5) is 9.18. The smallest absolute Gasteiger partial charge is 0.293 e. The van der Waals surface area contributed by atoms with E-state index >= 15 is 0 Å². The predicted molar refractivity (Wildman–Crippen MR) is 107 cm³/mol. The molecule has 0 N–H and O–H groups in total. The van der Waals surface area contributed by atoms with E-state index in [-0.39, 0.29) is 0 Å². The van der Waals surface area contributed by atoms with Gasteiger partial charge in [0.1, 0.15) is 17.9 Å². The summed E-state index contributed by atoms with van der Waals surface area (Å²) in [5, 5.41) is 1.65. The maximum Gasteiger partial charge on any atom is 0.293 e. The molecule has 1 aromatic heterocycles. The highest BCUT2D eigenvalue weighted by atomic mass is 79.9. The molecule has 0 unspecified atom stereocenters. The van der Waals surface area contributed by atoms with Gasteiger partial charge in [0.2, 0.25) is 0 Å². The van der Waals surface area contributed by atoms with Gasteiger partial charge in [0.25, 0.3) is 6.47 Å². The first kappa shape index (κ1) is 20.3. The second-order valence-corrected chi connectivity index (χ2v) is 6.62. The number of carbonyl (C=O) groups excluding carboxylic acids is 1. The Morgan fingerprint density at radius 2 is 1.96 bits per heavy atom. The number of hydrogen-bond donors (Lipinski definition) is 0. The second-order valence-electron chi connectivity index (χ2n) is 5.33. The summed E-state index contributed by atoms with van der Waals surface area (Å²) in [6.45, 7) is 5.24. The number of halogens is 2. The van der Waals surface area contributed by atoms with E-state index < -0.39 is 0 Å². The molecule has 0 aliphatic carbocycles. The van der Waals surface area contributed by atoms with Crippen LogP contribution in [0.15, 0.2) is 51.6 Å². The van der Waals surface area contributed by atoms with Crippen molar-refractivity contribution in [3.05, 3.63) is 63.3 Å². The van der Waals surface area contributed by atoms with Crippen molar-refractivity contribution in [2.24, 2.45) is 0 Å². The van der Waals surface area contributed by atoms with E-state index in [0.29, 0.717) is 24.7 Å². The highest BCUT2D eigenvalue weighted by Gasteiger charge is 2.11. The molecule has 0 radical (unpaired) electrons. The van der Waals surface area contributed by atoms with E-state index in [1.54, 1.807) is 13.2 Å². The summed E-state index contributed by atoms with van der Waals surface area (Å²) in [6.07, 6.45) is 2.67. The molecule has 0 aliphatic rings. The van der Waals surface area contributed by atoms with Crippen molar-refractivity contribution in [1.82, 2.24) is 0 Å². The number of furan rings is 1. The number of para-hydroxylation sites is 1. The van der Waals surface area contributed by atoms with Crippen LogP contribution in [0.1, 0.15) is 25.0 Å². The van der Waals surface area contributed by atoms with Crippen LogP contribution < -0.4 is 4.74 Å². The van der Waals surface area contributed by atoms with Gasteiger partial charge in [-0.25, -0.2) is 0 Å². The first-order valence-electron chi connectivity index (χ1n) is 8.21. The van der Waals surface area contributed by atoms with Gasteiger partial charge in [0, 0.05) is 16.0 Å². The Morgan fingerprint density at radius 1 is 1.19 bits per heavy atom. The van der Waals surface area contributed by atoms with Gasteiger partial charge in [-0.15, -0.1) is 0 Å². The molecule has 0 fully saturated rings. The maximum atomic E-state index is 9.18. The zero-order valence-electron chi connectivity index (χ0n) is 14.6. The number of aryl methyl sites for hydroxylation is 1. The van der Waals surface area contributed by atoms with Crippen molar-refractivity contribution in [2.45, 2.75) is 26.9 Å². The zero-order valence-corrected chi connectivity index (χ0v) is 17.0. The lowest BCUT2D eigenvalue weighted by atomic mass is 10.1. The third-order valence-electron chi connectivity index (χ3n) is 3.64. The van der Waals surface area contributed by atoms with E-state index in [2.05, 4.69) is 33.7 Å². The van der Waals surface area contributed by atoms with E-state index in [9.17, 15) is 4.79 Å². The van der Waals surface area contributed by atoms with E-state index in [1.807, 2.05) is 30.3 Å². The summed E-state index contributed by atoms with van der Waals surface area (Å²) in [6, 6.07) is 11.8. The second kappa shape index (κ2) is 10.2. The van der Waals surface area contributed by atoms with Gasteiger partial charge in [-0.05, 0) is 53.0 Å². The number of benzene rings is 2. The van der Waals surface area contributed by atoms with Crippen LogP contribution in [0.3, 0.4) is 0 Å². The molecule has 4 nitrogen and oxygen atoms in total. The van der Waals surface area contributed by atoms with Crippen molar-refractivity contribution < 1.29 is 18.7 Å². The summed E-state index contributed by atoms with van der Waals surface area (Å²) in [7, 11) is 0. The first-order chi connectivity index (χ1) is 12.6. The minimum atomic E-state index is 0.431. The van der Waals surface area contributed by atoms with E-state index in [0.717, 1.165) is 33.2 Å². The summed E-state index contributed by atoms with van der Waals surface area (Å²) in [5.41, 5.74) is 2.98. The lowest BCUT2D eigenvalue weighted by molar-refractivity contribution is -0.128. The van der Waals surface area contributed by atoms with Crippen LogP contribution in [0.25, 0.3) is 11.0 Å². The molecule has 0 bridgehead atoms. The molecule has 138 valence electrons. The van der Waals surface area contributed by atoms with Crippen LogP contribution in [-0.2, 0) is 22.6 Å². The Hall–Kier alpha value is -1.98. The van der Waals surface area contributed by atoms with Crippen LogP contribution >= 0.6 is 27.5 Å². The fourth-order valence-electron chi connectivity index (χ4n) is 2.38. The number of ether oxygens (including phenoxy) is 2. The molecule has 0 amide bonds. The lowest BCUT2D eigenvalue weighted by Crippen LogP contribution is -1.97. The van der Waals surface area contributed by atoms with Crippen molar-refractivity contribution in [3.63, 3.8) is 0 Å². The Balaban J connectivity index is 0.000000431. The average Bonchev–Trinajstić information content (AvgIpc) is 3.04. The highest BCUT2D eigenvalue weighted by molar-refractivity contribution is 9.10. The zero-order chi connectivity index (χ0) is 18.9. The molecule has 0 saturated heterocycles. The molecular formula is C20H20BrClO4. The third kappa shape index (κ3) is 5.26. The molecule has 3 aromatic rings. The summed E-state index contributed by atoms with van der Waals surface area (Å²) in [5.74, 6) is 0.912. The molecule has 0 atom stereocenters. The quantitative estimate of drug-likeness (QED) is 0.431. The average molecular weight is 440 g/mol. The monoisotopic (exact) mass is 438 g/mol. The SMILES string of the molecule is CCOC=O.CCc1ccccc1OCc1coc2c(Br)cc(Cl)cc12. The topological polar surface area (TPSA) is 48.7 Å². The third-order valence-corrected chi connectivity index (χ3v) is 4.45. The lowest BCUT2D eigenvalue weighted by Gasteiger charge is -2.09. The maximum absolute atomic E-state index is 9.18. The number of hydrogen-bond acceptors (Lipinski definition) is 4. The molecule has 0 aliphatic heterocycles. The predicted octanol–water partition coefficient (Wildman–Crippen LogP) is 6.17. The molecule has 0 saturated carbocycles. The van der Waals surface area contributed by atoms with Crippen LogP contribution in [0.5, 0.6) is 5.75 Å². The van der Waals surface area contributed by atoms with Gasteiger partial charge in [-0.1, -0.05) is 36.7 Å². The molecule has 2 aromatic carbocycles. The van der Waals surface area contributed by atoms with Crippen molar-refractivity contribution >= 4 is 45.0 Å². The minimum Gasteiger partial charge on any atom is -0.488 e. The van der Waals surface area contributed by atoms with Gasteiger partial charge < -0.3 is 13.9 Å². The van der Waals surface area contributed by atoms with Crippen molar-refractivity contribution in [1.29, 1.82) is 0 Å². The van der Waals surface area contributed by atoms with Crippen molar-refractivity contribution in [3.8, 4) is 5.75 Å². The molecule has 1 heterocycles. The van der Waals surface area contributed by atoms with Gasteiger partial charge in [0.05, 0.1) is 17.3 Å². The summed E-state index contributed by atoms with van der Waals surface area (Å²) >= 11 is 9.57. The van der Waals surface area contributed by atoms with Crippen LogP contribution in [0.4, 0.5) is 0 Å². The first-order valence-corrected chi connectivity index (χ1v) is 9.38. The van der Waals surface area contributed by atoms with Gasteiger partial charge in [0.15, 0.2) is 0 Å². The number of rotatable bonds is 6. The van der Waals surface area contributed by atoms with Gasteiger partial charge in [-0.2, -0.15) is 0 Å². The van der Waals surface area contributed by atoms with E-state index in [1.165, 1.54) is 5.56 Å². The van der Waals surface area contributed by atoms with Crippen LogP contribution in [0.2, 0.25) is 5.02 Å². The van der Waals surface area contributed by atoms with Crippen LogP contribution in [0, 0.1) is 0 Å². The molecule has 6 heteroatoms. The Bertz CT molecular complexity index is 860. The molecule has 3 rings (SSSR count). The fourth-order valence-corrected chi connectivity index (χ4v) is 3.29. The highest BCUT2D eigenvalue weighted by Crippen LogP contribution is 2.32. The minimum absolute atomic E-state index is 0.431. The largest absolute Gasteiger partial charge is 0.488 e. The Kier molecular flexibility index (Phi) is 8.01. The molecule has 0 spiro atoms. The number of fused-ring (bicyclic) bond motifs is 1.